The molecule has 0 aliphatic carbocycles. The summed E-state index contributed by atoms with van der Waals surface area (Å²) in [4.78, 5) is 29.7. The number of aromatic amines is 1. The molecule has 2 N–H and O–H groups in total. The zero-order chi connectivity index (χ0) is 22.5. The fourth-order valence-corrected chi connectivity index (χ4v) is 4.19. The van der Waals surface area contributed by atoms with E-state index in [1.165, 1.54) is 27.5 Å². The lowest BCUT2D eigenvalue weighted by Crippen LogP contribution is -2.37. The van der Waals surface area contributed by atoms with Gasteiger partial charge in [-0.1, -0.05) is 12.1 Å². The predicted molar refractivity (Wildman–Crippen MR) is 113 cm³/mol. The average molecular weight is 436 g/mol. The highest BCUT2D eigenvalue weighted by Gasteiger charge is 2.39. The van der Waals surface area contributed by atoms with Crippen molar-refractivity contribution >= 4 is 11.4 Å². The highest BCUT2D eigenvalue weighted by molar-refractivity contribution is 5.95. The van der Waals surface area contributed by atoms with Crippen LogP contribution in [-0.2, 0) is 6.42 Å². The van der Waals surface area contributed by atoms with E-state index in [2.05, 4.69) is 15.2 Å². The molecular formula is C22H21FN6O3. The van der Waals surface area contributed by atoms with Crippen molar-refractivity contribution in [3.8, 4) is 5.95 Å². The molecule has 0 saturated carbocycles. The summed E-state index contributed by atoms with van der Waals surface area (Å²) in [7, 11) is 0. The Morgan fingerprint density at radius 2 is 2.06 bits per heavy atom. The molecule has 10 heteroatoms. The van der Waals surface area contributed by atoms with Crippen LogP contribution >= 0.6 is 0 Å². The minimum Gasteiger partial charge on any atom is -0.388 e. The summed E-state index contributed by atoms with van der Waals surface area (Å²) in [6.07, 6.45) is 3.85. The number of nitrogens with one attached hydrogen (secondary N) is 1. The first-order valence-corrected chi connectivity index (χ1v) is 10.2. The minimum absolute atomic E-state index is 0.165. The second kappa shape index (κ2) is 7.41. The van der Waals surface area contributed by atoms with Crippen LogP contribution < -0.4 is 5.56 Å². The molecule has 1 saturated heterocycles. The molecule has 0 bridgehead atoms. The molecule has 4 aromatic rings. The molecule has 32 heavy (non-hydrogen) atoms. The molecule has 3 aromatic heterocycles. The number of fused-ring (bicyclic) bond motifs is 1. The molecular weight excluding hydrogens is 415 g/mol. The van der Waals surface area contributed by atoms with Crippen molar-refractivity contribution in [2.75, 3.05) is 13.1 Å². The van der Waals surface area contributed by atoms with Crippen LogP contribution in [0.15, 0.2) is 53.6 Å². The van der Waals surface area contributed by atoms with E-state index < -0.39 is 5.60 Å². The molecule has 1 aliphatic heterocycles. The lowest BCUT2D eigenvalue weighted by Gasteiger charge is -2.23. The first-order valence-electron chi connectivity index (χ1n) is 10.2. The van der Waals surface area contributed by atoms with Crippen LogP contribution in [0.25, 0.3) is 11.5 Å². The maximum Gasteiger partial charge on any atom is 0.276 e. The van der Waals surface area contributed by atoms with Gasteiger partial charge < -0.3 is 10.0 Å². The van der Waals surface area contributed by atoms with E-state index in [4.69, 9.17) is 0 Å². The quantitative estimate of drug-likeness (QED) is 0.504. The molecule has 0 radical (unpaired) electrons. The Kier molecular flexibility index (Phi) is 4.66. The molecule has 1 aromatic carbocycles. The largest absolute Gasteiger partial charge is 0.388 e. The molecule has 5 rings (SSSR count). The van der Waals surface area contributed by atoms with E-state index in [0.29, 0.717) is 36.2 Å². The number of hydrogen-bond donors (Lipinski definition) is 2. The van der Waals surface area contributed by atoms with E-state index in [1.807, 2.05) is 0 Å². The van der Waals surface area contributed by atoms with E-state index in [1.54, 1.807) is 42.3 Å². The fraction of sp³-hybridized carbons (Fsp3) is 0.273. The maximum atomic E-state index is 13.1. The zero-order valence-corrected chi connectivity index (χ0v) is 17.3. The number of halogens is 1. The second-order valence-corrected chi connectivity index (χ2v) is 8.18. The van der Waals surface area contributed by atoms with Crippen LogP contribution in [0.4, 0.5) is 4.39 Å². The van der Waals surface area contributed by atoms with Gasteiger partial charge in [0.25, 0.3) is 11.5 Å². The number of aliphatic hydroxyl groups is 1. The summed E-state index contributed by atoms with van der Waals surface area (Å²) in [5.74, 6) is -0.388. The normalized spacial score (nSPS) is 18.5. The van der Waals surface area contributed by atoms with Gasteiger partial charge in [-0.2, -0.15) is 5.10 Å². The van der Waals surface area contributed by atoms with Gasteiger partial charge in [-0.05, 0) is 43.2 Å². The van der Waals surface area contributed by atoms with Gasteiger partial charge in [0.2, 0.25) is 5.95 Å². The maximum absolute atomic E-state index is 13.1. The number of β-amino-alcohol motifs (C(OH)–C–C–N with tert-alkyl or cyclic N) is 1. The van der Waals surface area contributed by atoms with E-state index >= 15 is 0 Å². The summed E-state index contributed by atoms with van der Waals surface area (Å²) in [5, 5.41) is 19.6. The third-order valence-corrected chi connectivity index (χ3v) is 5.90. The Labute approximate surface area is 181 Å². The number of hydrogen-bond acceptors (Lipinski definition) is 5. The van der Waals surface area contributed by atoms with Crippen molar-refractivity contribution in [3.63, 3.8) is 0 Å². The molecule has 1 atom stereocenters. The van der Waals surface area contributed by atoms with Crippen LogP contribution in [0, 0.1) is 12.7 Å². The van der Waals surface area contributed by atoms with Gasteiger partial charge in [-0.15, -0.1) is 5.10 Å². The standard InChI is InChI=1S/C22H21FN6O3/c1-14-17(12-24-29(14)21-25-19(30)18-3-2-9-28(18)26-21)20(31)27-10-8-22(32,13-27)11-15-4-6-16(23)7-5-15/h2-7,9,12,32H,8,10-11,13H2,1H3,(H,25,26,30). The number of benzene rings is 1. The van der Waals surface area contributed by atoms with Crippen LogP contribution in [0.1, 0.15) is 28.0 Å². The number of aromatic nitrogens is 5. The van der Waals surface area contributed by atoms with Gasteiger partial charge in [0.1, 0.15) is 11.3 Å². The summed E-state index contributed by atoms with van der Waals surface area (Å²) >= 11 is 0. The van der Waals surface area contributed by atoms with Gasteiger partial charge in [-0.3, -0.25) is 14.6 Å². The average Bonchev–Trinajstić information content (AvgIpc) is 3.48. The SMILES string of the molecule is Cc1c(C(=O)N2CCC(O)(Cc3ccc(F)cc3)C2)cnn1-c1nn2cccc2c(=O)[nH]1. The van der Waals surface area contributed by atoms with Crippen LogP contribution in [0.3, 0.4) is 0 Å². The number of amides is 1. The van der Waals surface area contributed by atoms with Crippen molar-refractivity contribution in [1.29, 1.82) is 0 Å². The van der Waals surface area contributed by atoms with E-state index in [-0.39, 0.29) is 29.8 Å². The summed E-state index contributed by atoms with van der Waals surface area (Å²) < 4.78 is 16.0. The molecule has 1 unspecified atom stereocenters. The number of rotatable bonds is 4. The minimum atomic E-state index is -1.08. The second-order valence-electron chi connectivity index (χ2n) is 8.18. The number of H-pyrrole nitrogens is 1. The van der Waals surface area contributed by atoms with Gasteiger partial charge in [0, 0.05) is 19.2 Å². The number of nitrogens with zero attached hydrogens (tertiary/aromatic N) is 5. The van der Waals surface area contributed by atoms with Gasteiger partial charge in [0.15, 0.2) is 0 Å². The molecule has 164 valence electrons. The third kappa shape index (κ3) is 3.48. The third-order valence-electron chi connectivity index (χ3n) is 5.90. The lowest BCUT2D eigenvalue weighted by atomic mass is 9.94. The molecule has 4 heterocycles. The molecule has 9 nitrogen and oxygen atoms in total. The topological polar surface area (TPSA) is 109 Å². The van der Waals surface area contributed by atoms with Crippen molar-refractivity contribution in [1.82, 2.24) is 29.3 Å². The van der Waals surface area contributed by atoms with Crippen LogP contribution in [0.5, 0.6) is 0 Å². The number of likely N-dealkylation sites (tertiary alicyclic amines) is 1. The molecule has 0 spiro atoms. The monoisotopic (exact) mass is 436 g/mol. The van der Waals surface area contributed by atoms with Crippen LogP contribution in [-0.4, -0.2) is 59.0 Å². The Bertz CT molecular complexity index is 1370. The predicted octanol–water partition coefficient (Wildman–Crippen LogP) is 1.48. The van der Waals surface area contributed by atoms with Crippen molar-refractivity contribution in [3.05, 3.63) is 81.8 Å². The highest BCUT2D eigenvalue weighted by atomic mass is 19.1. The smallest absolute Gasteiger partial charge is 0.276 e. The van der Waals surface area contributed by atoms with Crippen molar-refractivity contribution < 1.29 is 14.3 Å². The summed E-state index contributed by atoms with van der Waals surface area (Å²) in [6, 6.07) is 9.37. The first-order chi connectivity index (χ1) is 15.3. The highest BCUT2D eigenvalue weighted by Crippen LogP contribution is 2.27. The molecule has 1 fully saturated rings. The lowest BCUT2D eigenvalue weighted by molar-refractivity contribution is 0.0445. The Morgan fingerprint density at radius 1 is 1.28 bits per heavy atom. The number of carbonyl (C=O) groups is 1. The molecule has 1 amide bonds. The Morgan fingerprint density at radius 3 is 2.84 bits per heavy atom. The Balaban J connectivity index is 1.36. The summed E-state index contributed by atoms with van der Waals surface area (Å²) in [6.45, 7) is 2.28. The van der Waals surface area contributed by atoms with Gasteiger partial charge >= 0.3 is 0 Å². The van der Waals surface area contributed by atoms with Crippen molar-refractivity contribution in [2.45, 2.75) is 25.4 Å². The van der Waals surface area contributed by atoms with Gasteiger partial charge in [-0.25, -0.2) is 13.6 Å². The fourth-order valence-electron chi connectivity index (χ4n) is 4.19. The Hall–Kier alpha value is -3.79. The number of carbonyl (C=O) groups excluding carboxylic acids is 1. The van der Waals surface area contributed by atoms with Crippen LogP contribution in [0.2, 0.25) is 0 Å². The zero-order valence-electron chi connectivity index (χ0n) is 17.3. The van der Waals surface area contributed by atoms with Gasteiger partial charge in [0.05, 0.1) is 29.6 Å². The van der Waals surface area contributed by atoms with E-state index in [9.17, 15) is 19.1 Å². The first kappa shape index (κ1) is 20.1. The molecule has 1 aliphatic rings. The van der Waals surface area contributed by atoms with E-state index in [0.717, 1.165) is 5.56 Å². The van der Waals surface area contributed by atoms with Crippen molar-refractivity contribution in [2.24, 2.45) is 0 Å². The summed E-state index contributed by atoms with van der Waals surface area (Å²) in [5.41, 5.74) is 0.719.